The third kappa shape index (κ3) is 7.46. The van der Waals surface area contributed by atoms with Crippen molar-refractivity contribution < 1.29 is 14.3 Å². The lowest BCUT2D eigenvalue weighted by molar-refractivity contribution is -0.139. The SMILES string of the molecule is CCCOC(=O)C(=CCC(C)C)COCC. The highest BCUT2D eigenvalue weighted by atomic mass is 16.5. The fraction of sp³-hybridized carbons (Fsp3) is 0.769. The first-order valence-electron chi connectivity index (χ1n) is 6.05. The third-order valence-electron chi connectivity index (χ3n) is 2.00. The van der Waals surface area contributed by atoms with Crippen LogP contribution in [-0.4, -0.2) is 25.8 Å². The maximum atomic E-state index is 11.7. The van der Waals surface area contributed by atoms with E-state index >= 15 is 0 Å². The van der Waals surface area contributed by atoms with Gasteiger partial charge in [-0.3, -0.25) is 0 Å². The number of carbonyl (C=O) groups excluding carboxylic acids is 1. The second-order valence-corrected chi connectivity index (χ2v) is 4.13. The van der Waals surface area contributed by atoms with Gasteiger partial charge in [0.2, 0.25) is 0 Å². The first-order valence-corrected chi connectivity index (χ1v) is 6.05. The van der Waals surface area contributed by atoms with Crippen LogP contribution in [0, 0.1) is 5.92 Å². The molecule has 0 fully saturated rings. The molecular formula is C13H24O3. The van der Waals surface area contributed by atoms with Gasteiger partial charge in [0.1, 0.15) is 0 Å². The molecule has 0 aliphatic rings. The monoisotopic (exact) mass is 228 g/mol. The Morgan fingerprint density at radius 1 is 1.31 bits per heavy atom. The number of hydrogen-bond donors (Lipinski definition) is 0. The van der Waals surface area contributed by atoms with E-state index in [4.69, 9.17) is 9.47 Å². The molecule has 0 atom stereocenters. The Morgan fingerprint density at radius 3 is 2.50 bits per heavy atom. The van der Waals surface area contributed by atoms with Crippen LogP contribution in [0.25, 0.3) is 0 Å². The minimum absolute atomic E-state index is 0.240. The fourth-order valence-electron chi connectivity index (χ4n) is 1.08. The predicted molar refractivity (Wildman–Crippen MR) is 65.3 cm³/mol. The lowest BCUT2D eigenvalue weighted by Gasteiger charge is -2.08. The van der Waals surface area contributed by atoms with E-state index in [1.807, 2.05) is 19.9 Å². The molecule has 0 aliphatic carbocycles. The second-order valence-electron chi connectivity index (χ2n) is 4.13. The smallest absolute Gasteiger partial charge is 0.336 e. The van der Waals surface area contributed by atoms with Gasteiger partial charge in [-0.15, -0.1) is 0 Å². The summed E-state index contributed by atoms with van der Waals surface area (Å²) in [7, 11) is 0. The number of carbonyl (C=O) groups is 1. The molecule has 3 nitrogen and oxygen atoms in total. The van der Waals surface area contributed by atoms with Crippen molar-refractivity contribution >= 4 is 5.97 Å². The summed E-state index contributed by atoms with van der Waals surface area (Å²) >= 11 is 0. The highest BCUT2D eigenvalue weighted by Crippen LogP contribution is 2.07. The number of esters is 1. The molecular weight excluding hydrogens is 204 g/mol. The summed E-state index contributed by atoms with van der Waals surface area (Å²) in [6.45, 7) is 9.57. The van der Waals surface area contributed by atoms with Crippen LogP contribution in [0.2, 0.25) is 0 Å². The highest BCUT2D eigenvalue weighted by molar-refractivity contribution is 5.88. The van der Waals surface area contributed by atoms with Gasteiger partial charge in [0.05, 0.1) is 18.8 Å². The predicted octanol–water partition coefficient (Wildman–Crippen LogP) is 2.95. The van der Waals surface area contributed by atoms with E-state index in [2.05, 4.69) is 13.8 Å². The van der Waals surface area contributed by atoms with Gasteiger partial charge in [-0.2, -0.15) is 0 Å². The second kappa shape index (κ2) is 9.40. The van der Waals surface area contributed by atoms with Gasteiger partial charge in [-0.25, -0.2) is 4.79 Å². The largest absolute Gasteiger partial charge is 0.462 e. The van der Waals surface area contributed by atoms with Crippen molar-refractivity contribution in [2.75, 3.05) is 19.8 Å². The lowest BCUT2D eigenvalue weighted by atomic mass is 10.1. The van der Waals surface area contributed by atoms with Gasteiger partial charge in [0, 0.05) is 6.61 Å². The molecule has 0 amide bonds. The molecule has 0 aliphatic heterocycles. The normalized spacial score (nSPS) is 11.9. The number of hydrogen-bond acceptors (Lipinski definition) is 3. The summed E-state index contributed by atoms with van der Waals surface area (Å²) in [4.78, 5) is 11.7. The van der Waals surface area contributed by atoms with Gasteiger partial charge in [0.25, 0.3) is 0 Å². The van der Waals surface area contributed by atoms with E-state index in [0.29, 0.717) is 31.3 Å². The topological polar surface area (TPSA) is 35.5 Å². The molecule has 0 aromatic heterocycles. The Hall–Kier alpha value is -0.830. The Labute approximate surface area is 98.8 Å². The zero-order chi connectivity index (χ0) is 12.4. The fourth-order valence-corrected chi connectivity index (χ4v) is 1.08. The van der Waals surface area contributed by atoms with Gasteiger partial charge in [-0.1, -0.05) is 26.8 Å². The lowest BCUT2D eigenvalue weighted by Crippen LogP contribution is -2.13. The molecule has 0 aromatic carbocycles. The average molecular weight is 228 g/mol. The Morgan fingerprint density at radius 2 is 2.00 bits per heavy atom. The van der Waals surface area contributed by atoms with Crippen molar-refractivity contribution in [2.45, 2.75) is 40.5 Å². The van der Waals surface area contributed by atoms with Crippen LogP contribution in [0.1, 0.15) is 40.5 Å². The molecule has 0 spiro atoms. The summed E-state index contributed by atoms with van der Waals surface area (Å²) in [6.07, 6.45) is 3.65. The van der Waals surface area contributed by atoms with Crippen LogP contribution >= 0.6 is 0 Å². The van der Waals surface area contributed by atoms with Gasteiger partial charge in [-0.05, 0) is 25.7 Å². The third-order valence-corrected chi connectivity index (χ3v) is 2.00. The van der Waals surface area contributed by atoms with E-state index in [1.165, 1.54) is 0 Å². The van der Waals surface area contributed by atoms with Crippen LogP contribution < -0.4 is 0 Å². The maximum Gasteiger partial charge on any atom is 0.336 e. The zero-order valence-corrected chi connectivity index (χ0v) is 10.9. The van der Waals surface area contributed by atoms with Crippen LogP contribution in [0.4, 0.5) is 0 Å². The standard InChI is InChI=1S/C13H24O3/c1-5-9-16-13(14)12(10-15-6-2)8-7-11(3)4/h8,11H,5-7,9-10H2,1-4H3. The Bertz CT molecular complexity index is 219. The summed E-state index contributed by atoms with van der Waals surface area (Å²) in [5.74, 6) is 0.298. The molecule has 0 saturated carbocycles. The van der Waals surface area contributed by atoms with Gasteiger partial charge < -0.3 is 9.47 Å². The minimum Gasteiger partial charge on any atom is -0.462 e. The summed E-state index contributed by atoms with van der Waals surface area (Å²) in [6, 6.07) is 0. The summed E-state index contributed by atoms with van der Waals surface area (Å²) in [5.41, 5.74) is 0.643. The Kier molecular flexibility index (Phi) is 8.91. The van der Waals surface area contributed by atoms with E-state index < -0.39 is 0 Å². The average Bonchev–Trinajstić information content (AvgIpc) is 2.25. The molecule has 94 valence electrons. The molecule has 0 radical (unpaired) electrons. The zero-order valence-electron chi connectivity index (χ0n) is 10.9. The van der Waals surface area contributed by atoms with Crippen LogP contribution in [0.3, 0.4) is 0 Å². The van der Waals surface area contributed by atoms with Crippen molar-refractivity contribution in [3.63, 3.8) is 0 Å². The Balaban J connectivity index is 4.28. The van der Waals surface area contributed by atoms with Gasteiger partial charge >= 0.3 is 5.97 Å². The van der Waals surface area contributed by atoms with E-state index in [1.54, 1.807) is 0 Å². The van der Waals surface area contributed by atoms with Crippen molar-refractivity contribution in [2.24, 2.45) is 5.92 Å². The summed E-state index contributed by atoms with van der Waals surface area (Å²) < 4.78 is 10.4. The molecule has 0 aromatic rings. The quantitative estimate of drug-likeness (QED) is 0.473. The van der Waals surface area contributed by atoms with E-state index in [0.717, 1.165) is 12.8 Å². The van der Waals surface area contributed by atoms with Crippen LogP contribution in [0.5, 0.6) is 0 Å². The maximum absolute atomic E-state index is 11.7. The summed E-state index contributed by atoms with van der Waals surface area (Å²) in [5, 5.41) is 0. The van der Waals surface area contributed by atoms with Crippen LogP contribution in [0.15, 0.2) is 11.6 Å². The highest BCUT2D eigenvalue weighted by Gasteiger charge is 2.10. The first-order chi connectivity index (χ1) is 7.61. The van der Waals surface area contributed by atoms with Crippen molar-refractivity contribution in [3.05, 3.63) is 11.6 Å². The van der Waals surface area contributed by atoms with E-state index in [9.17, 15) is 4.79 Å². The van der Waals surface area contributed by atoms with Gasteiger partial charge in [0.15, 0.2) is 0 Å². The number of allylic oxidation sites excluding steroid dienone is 1. The molecule has 3 heteroatoms. The molecule has 0 heterocycles. The molecule has 16 heavy (non-hydrogen) atoms. The molecule has 0 unspecified atom stereocenters. The molecule has 0 saturated heterocycles. The first kappa shape index (κ1) is 15.2. The van der Waals surface area contributed by atoms with E-state index in [-0.39, 0.29) is 5.97 Å². The number of ether oxygens (including phenoxy) is 2. The van der Waals surface area contributed by atoms with Crippen molar-refractivity contribution in [1.82, 2.24) is 0 Å². The molecule has 0 rings (SSSR count). The minimum atomic E-state index is -0.240. The van der Waals surface area contributed by atoms with Crippen molar-refractivity contribution in [3.8, 4) is 0 Å². The number of rotatable bonds is 8. The molecule has 0 N–H and O–H groups in total. The van der Waals surface area contributed by atoms with Crippen LogP contribution in [-0.2, 0) is 14.3 Å². The van der Waals surface area contributed by atoms with Crippen molar-refractivity contribution in [1.29, 1.82) is 0 Å². The molecule has 0 bridgehead atoms.